The van der Waals surface area contributed by atoms with Gasteiger partial charge >= 0.3 is 0 Å². The Balaban J connectivity index is 2.12. The minimum Gasteiger partial charge on any atom is -0.370 e. The van der Waals surface area contributed by atoms with E-state index in [0.29, 0.717) is 25.3 Å². The van der Waals surface area contributed by atoms with Crippen LogP contribution in [-0.2, 0) is 9.53 Å². The van der Waals surface area contributed by atoms with Gasteiger partial charge in [0.2, 0.25) is 5.91 Å². The van der Waals surface area contributed by atoms with Crippen molar-refractivity contribution >= 4 is 5.91 Å². The topological polar surface area (TPSA) is 55.6 Å². The van der Waals surface area contributed by atoms with Crippen LogP contribution >= 0.6 is 0 Å². The van der Waals surface area contributed by atoms with Gasteiger partial charge in [0, 0.05) is 6.54 Å². The van der Waals surface area contributed by atoms with Crippen molar-refractivity contribution in [1.82, 2.24) is 4.90 Å². The van der Waals surface area contributed by atoms with Gasteiger partial charge in [-0.25, -0.2) is 8.78 Å². The number of rotatable bonds is 2. The van der Waals surface area contributed by atoms with E-state index in [1.54, 1.807) is 11.8 Å². The van der Waals surface area contributed by atoms with Crippen LogP contribution in [0.2, 0.25) is 0 Å². The molecule has 0 spiro atoms. The maximum atomic E-state index is 13.2. The molecule has 1 aliphatic rings. The number of carbonyl (C=O) groups is 1. The van der Waals surface area contributed by atoms with Crippen LogP contribution in [0.5, 0.6) is 0 Å². The maximum absolute atomic E-state index is 13.2. The molecule has 0 radical (unpaired) electrons. The fourth-order valence-electron chi connectivity index (χ4n) is 2.05. The Kier molecular flexibility index (Phi) is 4.11. The third-order valence-corrected chi connectivity index (χ3v) is 3.08. The van der Waals surface area contributed by atoms with Crippen molar-refractivity contribution in [2.24, 2.45) is 5.73 Å². The number of hydrogen-bond donors (Lipinski definition) is 1. The van der Waals surface area contributed by atoms with Gasteiger partial charge in [-0.3, -0.25) is 4.79 Å². The van der Waals surface area contributed by atoms with E-state index >= 15 is 0 Å². The van der Waals surface area contributed by atoms with E-state index in [0.717, 1.165) is 12.1 Å². The summed E-state index contributed by atoms with van der Waals surface area (Å²) in [7, 11) is 0. The molecule has 1 heterocycles. The molecular weight excluding hydrogens is 254 g/mol. The summed E-state index contributed by atoms with van der Waals surface area (Å²) >= 11 is 0. The standard InChI is InChI=1S/C13H16F2N2O2/c1-8(16)13(18)17-4-5-19-12(7-17)9-2-3-10(14)11(15)6-9/h2-3,6,8,12H,4-5,7,16H2,1H3/t8-,12?/m0/s1. The van der Waals surface area contributed by atoms with E-state index < -0.39 is 23.8 Å². The van der Waals surface area contributed by atoms with E-state index in [1.807, 2.05) is 0 Å². The number of benzene rings is 1. The van der Waals surface area contributed by atoms with Crippen LogP contribution in [0, 0.1) is 11.6 Å². The first-order valence-electron chi connectivity index (χ1n) is 6.10. The molecule has 0 aliphatic carbocycles. The van der Waals surface area contributed by atoms with Gasteiger partial charge in [0.15, 0.2) is 11.6 Å². The molecule has 1 aromatic rings. The molecule has 2 rings (SSSR count). The minimum atomic E-state index is -0.920. The molecule has 4 nitrogen and oxygen atoms in total. The molecule has 2 atom stereocenters. The largest absolute Gasteiger partial charge is 0.370 e. The molecule has 1 saturated heterocycles. The summed E-state index contributed by atoms with van der Waals surface area (Å²) in [5.74, 6) is -1.99. The second-order valence-electron chi connectivity index (χ2n) is 4.61. The molecule has 1 amide bonds. The number of amides is 1. The Morgan fingerprint density at radius 2 is 2.21 bits per heavy atom. The Morgan fingerprint density at radius 1 is 1.47 bits per heavy atom. The second kappa shape index (κ2) is 5.63. The normalized spacial score (nSPS) is 21.3. The number of nitrogens with two attached hydrogens (primary N) is 1. The van der Waals surface area contributed by atoms with Gasteiger partial charge in [0.05, 0.1) is 19.2 Å². The first-order chi connectivity index (χ1) is 8.99. The number of ether oxygens (including phenoxy) is 1. The van der Waals surface area contributed by atoms with Crippen molar-refractivity contribution in [3.05, 3.63) is 35.4 Å². The highest BCUT2D eigenvalue weighted by molar-refractivity contribution is 5.81. The van der Waals surface area contributed by atoms with Crippen molar-refractivity contribution in [2.45, 2.75) is 19.1 Å². The second-order valence-corrected chi connectivity index (χ2v) is 4.61. The summed E-state index contributed by atoms with van der Waals surface area (Å²) in [5.41, 5.74) is 6.07. The number of carbonyl (C=O) groups excluding carboxylic acids is 1. The maximum Gasteiger partial charge on any atom is 0.239 e. The van der Waals surface area contributed by atoms with Crippen LogP contribution in [0.3, 0.4) is 0 Å². The highest BCUT2D eigenvalue weighted by Gasteiger charge is 2.27. The number of hydrogen-bond acceptors (Lipinski definition) is 3. The third kappa shape index (κ3) is 3.08. The third-order valence-electron chi connectivity index (χ3n) is 3.08. The van der Waals surface area contributed by atoms with Crippen molar-refractivity contribution in [1.29, 1.82) is 0 Å². The van der Waals surface area contributed by atoms with Crippen molar-refractivity contribution in [3.63, 3.8) is 0 Å². The Hall–Kier alpha value is -1.53. The molecule has 0 bridgehead atoms. The average molecular weight is 270 g/mol. The quantitative estimate of drug-likeness (QED) is 0.879. The van der Waals surface area contributed by atoms with Gasteiger partial charge in [0.25, 0.3) is 0 Å². The van der Waals surface area contributed by atoms with Crippen molar-refractivity contribution < 1.29 is 18.3 Å². The zero-order valence-electron chi connectivity index (χ0n) is 10.6. The molecule has 0 saturated carbocycles. The number of morpholine rings is 1. The summed E-state index contributed by atoms with van der Waals surface area (Å²) < 4.78 is 31.6. The van der Waals surface area contributed by atoms with Gasteiger partial charge in [-0.2, -0.15) is 0 Å². The predicted octanol–water partition coefficient (Wildman–Crippen LogP) is 1.21. The molecule has 1 fully saturated rings. The minimum absolute atomic E-state index is 0.170. The monoisotopic (exact) mass is 270 g/mol. The number of nitrogens with zero attached hydrogens (tertiary/aromatic N) is 1. The van der Waals surface area contributed by atoms with E-state index in [9.17, 15) is 13.6 Å². The SMILES string of the molecule is C[C@H](N)C(=O)N1CCOC(c2ccc(F)c(F)c2)C1. The van der Waals surface area contributed by atoms with Crippen LogP contribution in [0.25, 0.3) is 0 Å². The zero-order chi connectivity index (χ0) is 14.0. The van der Waals surface area contributed by atoms with Crippen molar-refractivity contribution in [3.8, 4) is 0 Å². The Labute approximate surface area is 110 Å². The van der Waals surface area contributed by atoms with E-state index in [-0.39, 0.29) is 5.91 Å². The summed E-state index contributed by atoms with van der Waals surface area (Å²) in [4.78, 5) is 13.4. The highest BCUT2D eigenvalue weighted by atomic mass is 19.2. The Bertz CT molecular complexity index is 480. The lowest BCUT2D eigenvalue weighted by Crippen LogP contribution is -2.48. The van der Waals surface area contributed by atoms with Crippen LogP contribution in [0.15, 0.2) is 18.2 Å². The molecule has 6 heteroatoms. The van der Waals surface area contributed by atoms with Crippen LogP contribution < -0.4 is 5.73 Å². The lowest BCUT2D eigenvalue weighted by Gasteiger charge is -2.34. The summed E-state index contributed by atoms with van der Waals surface area (Å²) in [6, 6.07) is 3.03. The summed E-state index contributed by atoms with van der Waals surface area (Å²) in [5, 5.41) is 0. The molecule has 104 valence electrons. The van der Waals surface area contributed by atoms with Crippen LogP contribution in [0.4, 0.5) is 8.78 Å². The Morgan fingerprint density at radius 3 is 2.84 bits per heavy atom. The molecule has 1 unspecified atom stereocenters. The van der Waals surface area contributed by atoms with E-state index in [4.69, 9.17) is 10.5 Å². The molecule has 19 heavy (non-hydrogen) atoms. The van der Waals surface area contributed by atoms with Gasteiger partial charge < -0.3 is 15.4 Å². The van der Waals surface area contributed by atoms with Gasteiger partial charge in [0.1, 0.15) is 6.10 Å². The molecule has 2 N–H and O–H groups in total. The van der Waals surface area contributed by atoms with Gasteiger partial charge in [-0.05, 0) is 24.6 Å². The lowest BCUT2D eigenvalue weighted by atomic mass is 10.1. The molecular formula is C13H16F2N2O2. The predicted molar refractivity (Wildman–Crippen MR) is 65.3 cm³/mol. The summed E-state index contributed by atoms with van der Waals surface area (Å²) in [6.45, 7) is 2.72. The van der Waals surface area contributed by atoms with Crippen molar-refractivity contribution in [2.75, 3.05) is 19.7 Å². The van der Waals surface area contributed by atoms with Gasteiger partial charge in [-0.1, -0.05) is 6.07 Å². The number of halogens is 2. The summed E-state index contributed by atoms with van der Waals surface area (Å²) in [6.07, 6.45) is -0.452. The zero-order valence-corrected chi connectivity index (χ0v) is 10.6. The molecule has 1 aliphatic heterocycles. The first-order valence-corrected chi connectivity index (χ1v) is 6.10. The van der Waals surface area contributed by atoms with Gasteiger partial charge in [-0.15, -0.1) is 0 Å². The van der Waals surface area contributed by atoms with Crippen LogP contribution in [0.1, 0.15) is 18.6 Å². The molecule has 0 aromatic heterocycles. The first kappa shape index (κ1) is 13.9. The lowest BCUT2D eigenvalue weighted by molar-refractivity contribution is -0.140. The highest BCUT2D eigenvalue weighted by Crippen LogP contribution is 2.24. The fraction of sp³-hybridized carbons (Fsp3) is 0.462. The van der Waals surface area contributed by atoms with Crippen LogP contribution in [-0.4, -0.2) is 36.5 Å². The molecule has 1 aromatic carbocycles. The van der Waals surface area contributed by atoms with E-state index in [2.05, 4.69) is 0 Å². The van der Waals surface area contributed by atoms with E-state index in [1.165, 1.54) is 6.07 Å². The average Bonchev–Trinajstić information content (AvgIpc) is 2.41. The smallest absolute Gasteiger partial charge is 0.239 e. The fourth-order valence-corrected chi connectivity index (χ4v) is 2.05.